The van der Waals surface area contributed by atoms with Gasteiger partial charge in [0, 0.05) is 16.8 Å². The normalized spacial score (nSPS) is 11.9. The maximum absolute atomic E-state index is 13.3. The first kappa shape index (κ1) is 19.6. The Balaban J connectivity index is 2.15. The Morgan fingerprint density at radius 2 is 1.83 bits per heavy atom. The van der Waals surface area contributed by atoms with Crippen molar-refractivity contribution in [2.75, 3.05) is 12.8 Å². The molecule has 0 radical (unpaired) electrons. The molecule has 0 fully saturated rings. The van der Waals surface area contributed by atoms with Crippen molar-refractivity contribution < 1.29 is 27.1 Å². The highest BCUT2D eigenvalue weighted by atomic mass is 19.4. The molecule has 0 bridgehead atoms. The largest absolute Gasteiger partial charge is 0.465 e. The summed E-state index contributed by atoms with van der Waals surface area (Å²) in [7, 11) is 1.08. The van der Waals surface area contributed by atoms with E-state index in [1.807, 2.05) is 6.92 Å². The van der Waals surface area contributed by atoms with Crippen LogP contribution in [-0.4, -0.2) is 17.6 Å². The summed E-state index contributed by atoms with van der Waals surface area (Å²) in [5.41, 5.74) is 4.85. The number of rotatable bonds is 2. The quantitative estimate of drug-likeness (QED) is 0.489. The van der Waals surface area contributed by atoms with Crippen LogP contribution in [0.5, 0.6) is 0 Å². The van der Waals surface area contributed by atoms with Gasteiger partial charge in [-0.25, -0.2) is 4.79 Å². The number of hydrogen-bond donors (Lipinski definition) is 1. The van der Waals surface area contributed by atoms with Crippen molar-refractivity contribution in [3.8, 4) is 5.69 Å². The van der Waals surface area contributed by atoms with Gasteiger partial charge in [-0.3, -0.25) is 9.36 Å². The van der Waals surface area contributed by atoms with Crippen LogP contribution in [0.1, 0.15) is 21.5 Å². The number of anilines is 1. The molecule has 0 unspecified atom stereocenters. The third kappa shape index (κ3) is 2.90. The van der Waals surface area contributed by atoms with Gasteiger partial charge < -0.3 is 14.9 Å². The molecule has 6 nitrogen and oxygen atoms in total. The number of ether oxygens (including phenoxy) is 1. The second-order valence-corrected chi connectivity index (χ2v) is 6.75. The number of carbonyl (C=O) groups is 1. The second kappa shape index (κ2) is 6.65. The van der Waals surface area contributed by atoms with E-state index in [4.69, 9.17) is 10.2 Å². The molecule has 30 heavy (non-hydrogen) atoms. The fourth-order valence-corrected chi connectivity index (χ4v) is 3.44. The van der Waals surface area contributed by atoms with Crippen molar-refractivity contribution in [2.24, 2.45) is 0 Å². The molecule has 2 heterocycles. The fraction of sp³-hybridized carbons (Fsp3) is 0.143. The SMILES string of the molecule is COC(=O)c1c(N)c2ccc(C(F)(F)F)cc2n(-c2ccc3c(C)coc3c2)c1=O. The lowest BCUT2D eigenvalue weighted by Crippen LogP contribution is -2.28. The molecule has 0 amide bonds. The van der Waals surface area contributed by atoms with Crippen molar-refractivity contribution >= 4 is 33.5 Å². The summed E-state index contributed by atoms with van der Waals surface area (Å²) in [6.45, 7) is 1.83. The first-order chi connectivity index (χ1) is 14.1. The number of fused-ring (bicyclic) bond motifs is 2. The third-order valence-electron chi connectivity index (χ3n) is 4.94. The first-order valence-electron chi connectivity index (χ1n) is 8.75. The summed E-state index contributed by atoms with van der Waals surface area (Å²) in [5.74, 6) is -0.983. The van der Waals surface area contributed by atoms with E-state index in [1.165, 1.54) is 12.3 Å². The Labute approximate surface area is 167 Å². The fourth-order valence-electron chi connectivity index (χ4n) is 3.44. The molecule has 4 rings (SSSR count). The highest BCUT2D eigenvalue weighted by Gasteiger charge is 2.32. The summed E-state index contributed by atoms with van der Waals surface area (Å²) in [6, 6.07) is 7.55. The monoisotopic (exact) mass is 416 g/mol. The lowest BCUT2D eigenvalue weighted by molar-refractivity contribution is -0.137. The van der Waals surface area contributed by atoms with Gasteiger partial charge in [0.25, 0.3) is 5.56 Å². The van der Waals surface area contributed by atoms with Gasteiger partial charge in [0.2, 0.25) is 0 Å². The Morgan fingerprint density at radius 1 is 1.13 bits per heavy atom. The molecule has 0 aliphatic heterocycles. The molecule has 0 saturated heterocycles. The summed E-state index contributed by atoms with van der Waals surface area (Å²) in [4.78, 5) is 25.4. The van der Waals surface area contributed by atoms with Crippen LogP contribution in [0.25, 0.3) is 27.6 Å². The maximum Gasteiger partial charge on any atom is 0.416 e. The minimum Gasteiger partial charge on any atom is -0.465 e. The van der Waals surface area contributed by atoms with Crippen LogP contribution in [0.4, 0.5) is 18.9 Å². The van der Waals surface area contributed by atoms with Gasteiger partial charge in [-0.1, -0.05) is 6.07 Å². The minimum atomic E-state index is -4.63. The second-order valence-electron chi connectivity index (χ2n) is 6.75. The van der Waals surface area contributed by atoms with Gasteiger partial charge in [-0.15, -0.1) is 0 Å². The third-order valence-corrected chi connectivity index (χ3v) is 4.94. The summed E-state index contributed by atoms with van der Waals surface area (Å²) in [6.07, 6.45) is -3.10. The molecular formula is C21H15F3N2O4. The molecular weight excluding hydrogens is 401 g/mol. The van der Waals surface area contributed by atoms with Crippen molar-refractivity contribution in [1.29, 1.82) is 0 Å². The van der Waals surface area contributed by atoms with Crippen molar-refractivity contribution in [2.45, 2.75) is 13.1 Å². The van der Waals surface area contributed by atoms with E-state index in [2.05, 4.69) is 4.74 Å². The number of benzene rings is 2. The molecule has 2 aromatic carbocycles. The van der Waals surface area contributed by atoms with Gasteiger partial charge in [-0.05, 0) is 36.8 Å². The molecule has 2 aromatic heterocycles. The number of esters is 1. The number of nitrogens with zero attached hydrogens (tertiary/aromatic N) is 1. The van der Waals surface area contributed by atoms with Crippen molar-refractivity contribution in [1.82, 2.24) is 4.57 Å². The van der Waals surface area contributed by atoms with Crippen LogP contribution >= 0.6 is 0 Å². The number of alkyl halides is 3. The zero-order chi connectivity index (χ0) is 21.8. The summed E-state index contributed by atoms with van der Waals surface area (Å²) in [5, 5.41) is 0.898. The number of methoxy groups -OCH3 is 1. The average molecular weight is 416 g/mol. The smallest absolute Gasteiger partial charge is 0.416 e. The predicted molar refractivity (Wildman–Crippen MR) is 105 cm³/mol. The number of aromatic nitrogens is 1. The van der Waals surface area contributed by atoms with Crippen LogP contribution in [0, 0.1) is 6.92 Å². The van der Waals surface area contributed by atoms with Gasteiger partial charge in [0.05, 0.1) is 35.8 Å². The van der Waals surface area contributed by atoms with E-state index >= 15 is 0 Å². The van der Waals surface area contributed by atoms with Crippen LogP contribution in [0.15, 0.2) is 51.9 Å². The molecule has 4 aromatic rings. The van der Waals surface area contributed by atoms with E-state index < -0.39 is 28.8 Å². The number of nitrogens with two attached hydrogens (primary N) is 1. The molecule has 0 aliphatic rings. The van der Waals surface area contributed by atoms with E-state index in [-0.39, 0.29) is 22.3 Å². The Morgan fingerprint density at radius 3 is 2.50 bits per heavy atom. The Kier molecular flexibility index (Phi) is 4.34. The highest BCUT2D eigenvalue weighted by molar-refractivity contribution is 6.04. The van der Waals surface area contributed by atoms with Crippen molar-refractivity contribution in [3.63, 3.8) is 0 Å². The van der Waals surface area contributed by atoms with Gasteiger partial charge in [0.1, 0.15) is 11.1 Å². The standard InChI is InChI=1S/C21H15F3N2O4/c1-10-9-30-16-8-12(4-6-13(10)16)26-15-7-11(21(22,23)24)3-5-14(15)18(25)17(19(26)27)20(28)29-2/h3-9H,25H2,1-2H3. The van der Waals surface area contributed by atoms with Crippen LogP contribution in [-0.2, 0) is 10.9 Å². The zero-order valence-corrected chi connectivity index (χ0v) is 15.8. The number of aryl methyl sites for hydroxylation is 1. The van der Waals surface area contributed by atoms with E-state index in [0.29, 0.717) is 5.58 Å². The molecule has 9 heteroatoms. The molecule has 0 aliphatic carbocycles. The molecule has 0 spiro atoms. The van der Waals surface area contributed by atoms with Gasteiger partial charge in [0.15, 0.2) is 0 Å². The number of pyridine rings is 1. The van der Waals surface area contributed by atoms with Crippen LogP contribution in [0.2, 0.25) is 0 Å². The number of halogens is 3. The van der Waals surface area contributed by atoms with Crippen LogP contribution < -0.4 is 11.3 Å². The Bertz CT molecular complexity index is 1380. The minimum absolute atomic E-state index is 0.0948. The topological polar surface area (TPSA) is 87.5 Å². The lowest BCUT2D eigenvalue weighted by atomic mass is 10.0. The number of hydrogen-bond acceptors (Lipinski definition) is 5. The molecule has 0 atom stereocenters. The maximum atomic E-state index is 13.3. The van der Waals surface area contributed by atoms with Crippen LogP contribution in [0.3, 0.4) is 0 Å². The van der Waals surface area contributed by atoms with Gasteiger partial charge >= 0.3 is 12.1 Å². The highest BCUT2D eigenvalue weighted by Crippen LogP contribution is 2.34. The first-order valence-corrected chi connectivity index (χ1v) is 8.75. The summed E-state index contributed by atoms with van der Waals surface area (Å²) < 4.78 is 51.1. The summed E-state index contributed by atoms with van der Waals surface area (Å²) >= 11 is 0. The number of furan rings is 1. The van der Waals surface area contributed by atoms with E-state index in [1.54, 1.807) is 12.1 Å². The van der Waals surface area contributed by atoms with E-state index in [0.717, 1.165) is 40.8 Å². The number of carbonyl (C=O) groups excluding carboxylic acids is 1. The lowest BCUT2D eigenvalue weighted by Gasteiger charge is -2.17. The van der Waals surface area contributed by atoms with Gasteiger partial charge in [-0.2, -0.15) is 13.2 Å². The number of nitrogen functional groups attached to an aromatic ring is 1. The molecule has 154 valence electrons. The average Bonchev–Trinajstić information content (AvgIpc) is 3.07. The zero-order valence-electron chi connectivity index (χ0n) is 15.8. The molecule has 2 N–H and O–H groups in total. The van der Waals surface area contributed by atoms with Crippen molar-refractivity contribution in [3.05, 3.63) is 69.7 Å². The van der Waals surface area contributed by atoms with E-state index in [9.17, 15) is 22.8 Å². The Hall–Kier alpha value is -3.75. The predicted octanol–water partition coefficient (Wildman–Crippen LogP) is 4.43. The molecule has 0 saturated carbocycles.